The van der Waals surface area contributed by atoms with Crippen LogP contribution in [0.3, 0.4) is 0 Å². The number of aromatic nitrogens is 2. The molecule has 4 aliphatic rings. The van der Waals surface area contributed by atoms with Gasteiger partial charge >= 0.3 is 0 Å². The van der Waals surface area contributed by atoms with Gasteiger partial charge in [-0.25, -0.2) is 4.98 Å². The lowest BCUT2D eigenvalue weighted by Crippen LogP contribution is -2.53. The lowest BCUT2D eigenvalue weighted by molar-refractivity contribution is -0.146. The van der Waals surface area contributed by atoms with Crippen LogP contribution in [0.2, 0.25) is 0 Å². The van der Waals surface area contributed by atoms with Gasteiger partial charge in [0.05, 0.1) is 5.69 Å². The van der Waals surface area contributed by atoms with Gasteiger partial charge in [-0.05, 0) is 68.4 Å². The molecular formula is C21H25N3OS. The number of hydrogen-bond donors (Lipinski definition) is 1. The van der Waals surface area contributed by atoms with Crippen LogP contribution >= 0.6 is 11.3 Å². The largest absolute Gasteiger partial charge is 0.355 e. The van der Waals surface area contributed by atoms with Gasteiger partial charge < -0.3 is 5.32 Å². The first-order valence-electron chi connectivity index (χ1n) is 9.83. The van der Waals surface area contributed by atoms with E-state index in [1.165, 1.54) is 19.3 Å². The average molecular weight is 368 g/mol. The first-order chi connectivity index (χ1) is 12.7. The van der Waals surface area contributed by atoms with Gasteiger partial charge in [0.25, 0.3) is 0 Å². The highest BCUT2D eigenvalue weighted by atomic mass is 32.1. The van der Waals surface area contributed by atoms with Crippen LogP contribution in [0.4, 0.5) is 0 Å². The standard InChI is InChI=1S/C21H25N3OS/c25-20(21-9-14-6-15(10-21)8-16(7-14)11-21)23-5-3-18-13-26-19(24-18)17-2-1-4-22-12-17/h1-2,4,12-16H,3,5-11H2,(H,23,25). The first-order valence-corrected chi connectivity index (χ1v) is 10.7. The van der Waals surface area contributed by atoms with Gasteiger partial charge in [-0.2, -0.15) is 0 Å². The van der Waals surface area contributed by atoms with E-state index in [4.69, 9.17) is 4.98 Å². The summed E-state index contributed by atoms with van der Waals surface area (Å²) < 4.78 is 0. The Hall–Kier alpha value is -1.75. The van der Waals surface area contributed by atoms with Gasteiger partial charge in [-0.1, -0.05) is 0 Å². The molecule has 0 unspecified atom stereocenters. The second kappa shape index (κ2) is 6.45. The summed E-state index contributed by atoms with van der Waals surface area (Å²) in [7, 11) is 0. The van der Waals surface area contributed by atoms with Crippen LogP contribution < -0.4 is 5.32 Å². The predicted molar refractivity (Wildman–Crippen MR) is 103 cm³/mol. The fourth-order valence-electron chi connectivity index (χ4n) is 5.92. The summed E-state index contributed by atoms with van der Waals surface area (Å²) in [4.78, 5) is 21.8. The Labute approximate surface area is 158 Å². The fourth-order valence-corrected chi connectivity index (χ4v) is 6.77. The number of nitrogens with one attached hydrogen (secondary N) is 1. The third-order valence-corrected chi connectivity index (χ3v) is 7.59. The van der Waals surface area contributed by atoms with E-state index in [2.05, 4.69) is 15.7 Å². The second-order valence-electron chi connectivity index (χ2n) is 8.59. The van der Waals surface area contributed by atoms with E-state index in [0.717, 1.165) is 59.7 Å². The minimum Gasteiger partial charge on any atom is -0.355 e. The van der Waals surface area contributed by atoms with Gasteiger partial charge in [0.2, 0.25) is 5.91 Å². The van der Waals surface area contributed by atoms with Crippen molar-refractivity contribution in [3.8, 4) is 10.6 Å². The number of hydrogen-bond acceptors (Lipinski definition) is 4. The Morgan fingerprint density at radius 1 is 1.19 bits per heavy atom. The molecule has 4 aliphatic carbocycles. The Bertz CT molecular complexity index is 765. The lowest BCUT2D eigenvalue weighted by atomic mass is 9.49. The fraction of sp³-hybridized carbons (Fsp3) is 0.571. The minimum absolute atomic E-state index is 0.0440. The SMILES string of the molecule is O=C(NCCc1csc(-c2cccnc2)n1)C12CC3CC(CC(C3)C1)C2. The normalized spacial score (nSPS) is 31.9. The van der Waals surface area contributed by atoms with Crippen molar-refractivity contribution in [2.45, 2.75) is 44.9 Å². The number of thiazole rings is 1. The van der Waals surface area contributed by atoms with Crippen molar-refractivity contribution in [2.24, 2.45) is 23.2 Å². The summed E-state index contributed by atoms with van der Waals surface area (Å²) in [5.74, 6) is 2.76. The van der Waals surface area contributed by atoms with Crippen molar-refractivity contribution < 1.29 is 4.79 Å². The molecule has 0 radical (unpaired) electrons. The summed E-state index contributed by atoms with van der Waals surface area (Å²) in [6, 6.07) is 3.96. The van der Waals surface area contributed by atoms with E-state index < -0.39 is 0 Å². The molecule has 2 heterocycles. The third kappa shape index (κ3) is 2.96. The molecule has 6 rings (SSSR count). The molecule has 4 nitrogen and oxygen atoms in total. The zero-order valence-corrected chi connectivity index (χ0v) is 15.8. The van der Waals surface area contributed by atoms with Crippen LogP contribution in [0, 0.1) is 23.2 Å². The molecule has 4 saturated carbocycles. The van der Waals surface area contributed by atoms with Crippen LogP contribution in [0.1, 0.15) is 44.2 Å². The molecule has 0 spiro atoms. The smallest absolute Gasteiger partial charge is 0.226 e. The van der Waals surface area contributed by atoms with Crippen molar-refractivity contribution in [2.75, 3.05) is 6.54 Å². The Balaban J connectivity index is 1.19. The number of amides is 1. The quantitative estimate of drug-likeness (QED) is 0.866. The summed E-state index contributed by atoms with van der Waals surface area (Å²) in [5, 5.41) is 6.35. The topological polar surface area (TPSA) is 54.9 Å². The third-order valence-electron chi connectivity index (χ3n) is 6.65. The van der Waals surface area contributed by atoms with E-state index in [1.807, 2.05) is 18.3 Å². The number of carbonyl (C=O) groups excluding carboxylic acids is 1. The van der Waals surface area contributed by atoms with Gasteiger partial charge in [-0.3, -0.25) is 9.78 Å². The molecule has 0 aliphatic heterocycles. The lowest BCUT2D eigenvalue weighted by Gasteiger charge is -2.55. The number of nitrogens with zero attached hydrogens (tertiary/aromatic N) is 2. The van der Waals surface area contributed by atoms with Crippen molar-refractivity contribution in [3.63, 3.8) is 0 Å². The monoisotopic (exact) mass is 367 g/mol. The summed E-state index contributed by atoms with van der Waals surface area (Å²) in [6.07, 6.45) is 11.9. The van der Waals surface area contributed by atoms with Crippen LogP contribution in [-0.4, -0.2) is 22.4 Å². The van der Waals surface area contributed by atoms with E-state index in [0.29, 0.717) is 12.5 Å². The first kappa shape index (κ1) is 16.4. The summed E-state index contributed by atoms with van der Waals surface area (Å²) >= 11 is 1.64. The van der Waals surface area contributed by atoms with Gasteiger partial charge in [0.15, 0.2) is 0 Å². The highest BCUT2D eigenvalue weighted by Gasteiger charge is 2.54. The molecule has 5 heteroatoms. The zero-order valence-electron chi connectivity index (χ0n) is 15.0. The zero-order chi connectivity index (χ0) is 17.6. The highest BCUT2D eigenvalue weighted by molar-refractivity contribution is 7.13. The number of rotatable bonds is 5. The van der Waals surface area contributed by atoms with Gasteiger partial charge in [0.1, 0.15) is 5.01 Å². The molecule has 4 fully saturated rings. The van der Waals surface area contributed by atoms with E-state index in [-0.39, 0.29) is 5.41 Å². The van der Waals surface area contributed by atoms with Crippen LogP contribution in [0.5, 0.6) is 0 Å². The van der Waals surface area contributed by atoms with Gasteiger partial charge in [-0.15, -0.1) is 11.3 Å². The van der Waals surface area contributed by atoms with Crippen molar-refractivity contribution >= 4 is 17.2 Å². The Kier molecular flexibility index (Phi) is 4.07. The highest BCUT2D eigenvalue weighted by Crippen LogP contribution is 2.60. The van der Waals surface area contributed by atoms with Crippen molar-refractivity contribution in [3.05, 3.63) is 35.6 Å². The number of pyridine rings is 1. The van der Waals surface area contributed by atoms with E-state index in [9.17, 15) is 4.79 Å². The molecule has 26 heavy (non-hydrogen) atoms. The molecule has 2 aromatic rings. The molecule has 0 saturated heterocycles. The molecular weight excluding hydrogens is 342 g/mol. The molecule has 136 valence electrons. The van der Waals surface area contributed by atoms with E-state index in [1.54, 1.807) is 17.5 Å². The molecule has 0 aromatic carbocycles. The minimum atomic E-state index is -0.0440. The molecule has 1 amide bonds. The average Bonchev–Trinajstić information content (AvgIpc) is 3.10. The second-order valence-corrected chi connectivity index (χ2v) is 9.45. The van der Waals surface area contributed by atoms with Crippen LogP contribution in [0.15, 0.2) is 29.9 Å². The van der Waals surface area contributed by atoms with Gasteiger partial charge in [0, 0.05) is 41.7 Å². The van der Waals surface area contributed by atoms with E-state index >= 15 is 0 Å². The van der Waals surface area contributed by atoms with Crippen LogP contribution in [0.25, 0.3) is 10.6 Å². The summed E-state index contributed by atoms with van der Waals surface area (Å²) in [6.45, 7) is 0.691. The molecule has 2 aromatic heterocycles. The van der Waals surface area contributed by atoms with Crippen molar-refractivity contribution in [1.29, 1.82) is 0 Å². The van der Waals surface area contributed by atoms with Crippen molar-refractivity contribution in [1.82, 2.24) is 15.3 Å². The Morgan fingerprint density at radius 2 is 1.92 bits per heavy atom. The molecule has 0 atom stereocenters. The van der Waals surface area contributed by atoms with Crippen LogP contribution in [-0.2, 0) is 11.2 Å². The summed E-state index contributed by atoms with van der Waals surface area (Å²) in [5.41, 5.74) is 2.07. The molecule has 1 N–H and O–H groups in total. The predicted octanol–water partition coefficient (Wildman–Crippen LogP) is 4.08. The maximum atomic E-state index is 13.0. The maximum absolute atomic E-state index is 13.0. The maximum Gasteiger partial charge on any atom is 0.226 e. The number of carbonyl (C=O) groups is 1. The molecule has 4 bridgehead atoms. The Morgan fingerprint density at radius 3 is 2.58 bits per heavy atom.